The molecule has 0 aliphatic heterocycles. The zero-order valence-corrected chi connectivity index (χ0v) is 11.9. The molecule has 0 fully saturated rings. The Bertz CT molecular complexity index is 940. The molecule has 0 saturated heterocycles. The lowest BCUT2D eigenvalue weighted by molar-refractivity contribution is 1.40. The van der Waals surface area contributed by atoms with Gasteiger partial charge in [-0.1, -0.05) is 17.4 Å². The lowest BCUT2D eigenvalue weighted by atomic mass is 10.2. The summed E-state index contributed by atoms with van der Waals surface area (Å²) in [5, 5.41) is 5.32. The Morgan fingerprint density at radius 1 is 1.00 bits per heavy atom. The largest absolute Gasteiger partial charge is 0.399 e. The lowest BCUT2D eigenvalue weighted by Crippen LogP contribution is -1.91. The van der Waals surface area contributed by atoms with Gasteiger partial charge in [0.2, 0.25) is 0 Å². The number of pyridine rings is 1. The third-order valence-electron chi connectivity index (χ3n) is 3.30. The van der Waals surface area contributed by atoms with E-state index in [0.29, 0.717) is 0 Å². The van der Waals surface area contributed by atoms with Crippen molar-refractivity contribution in [3.63, 3.8) is 0 Å². The summed E-state index contributed by atoms with van der Waals surface area (Å²) in [7, 11) is 0. The van der Waals surface area contributed by atoms with Crippen LogP contribution in [0.4, 0.5) is 16.5 Å². The normalized spacial score (nSPS) is 11.0. The summed E-state index contributed by atoms with van der Waals surface area (Å²) in [6, 6.07) is 15.8. The Kier molecular flexibility index (Phi) is 2.72. The fraction of sp³-hybridized carbons (Fsp3) is 0. The van der Waals surface area contributed by atoms with Crippen molar-refractivity contribution in [1.29, 1.82) is 0 Å². The van der Waals surface area contributed by atoms with Crippen molar-refractivity contribution in [2.75, 3.05) is 11.1 Å². The summed E-state index contributed by atoms with van der Waals surface area (Å²) >= 11 is 1.59. The molecule has 2 aromatic carbocycles. The third-order valence-corrected chi connectivity index (χ3v) is 4.23. The molecule has 4 nitrogen and oxygen atoms in total. The molecule has 2 heterocycles. The molecular weight excluding hydrogens is 280 g/mol. The minimum Gasteiger partial charge on any atom is -0.399 e. The molecule has 0 radical (unpaired) electrons. The number of anilines is 3. The highest BCUT2D eigenvalue weighted by molar-refractivity contribution is 7.22. The fourth-order valence-corrected chi connectivity index (χ4v) is 3.25. The minimum atomic E-state index is 0.757. The van der Waals surface area contributed by atoms with E-state index in [4.69, 9.17) is 5.73 Å². The first-order valence-corrected chi connectivity index (χ1v) is 7.38. The van der Waals surface area contributed by atoms with Crippen LogP contribution in [-0.4, -0.2) is 9.97 Å². The topological polar surface area (TPSA) is 63.8 Å². The Morgan fingerprint density at radius 2 is 1.95 bits per heavy atom. The molecule has 0 saturated carbocycles. The van der Waals surface area contributed by atoms with Crippen LogP contribution in [0.5, 0.6) is 0 Å². The van der Waals surface area contributed by atoms with Gasteiger partial charge in [0, 0.05) is 23.0 Å². The number of benzene rings is 2. The molecular formula is C16H12N4S. The smallest absolute Gasteiger partial charge is 0.188 e. The number of nitrogens with zero attached hydrogens (tertiary/aromatic N) is 2. The summed E-state index contributed by atoms with van der Waals surface area (Å²) in [4.78, 5) is 8.95. The monoisotopic (exact) mass is 292 g/mol. The van der Waals surface area contributed by atoms with Gasteiger partial charge in [-0.2, -0.15) is 0 Å². The van der Waals surface area contributed by atoms with E-state index in [-0.39, 0.29) is 0 Å². The van der Waals surface area contributed by atoms with E-state index in [0.717, 1.165) is 37.6 Å². The van der Waals surface area contributed by atoms with E-state index >= 15 is 0 Å². The molecule has 3 N–H and O–H groups in total. The molecule has 0 unspecified atom stereocenters. The van der Waals surface area contributed by atoms with Gasteiger partial charge in [-0.05, 0) is 42.5 Å². The summed E-state index contributed by atoms with van der Waals surface area (Å²) in [5.74, 6) is 0. The number of hydrogen-bond acceptors (Lipinski definition) is 5. The first-order chi connectivity index (χ1) is 10.3. The maximum absolute atomic E-state index is 5.81. The van der Waals surface area contributed by atoms with Gasteiger partial charge in [-0.3, -0.25) is 4.98 Å². The molecule has 0 bridgehead atoms. The van der Waals surface area contributed by atoms with E-state index in [2.05, 4.69) is 21.4 Å². The van der Waals surface area contributed by atoms with Crippen molar-refractivity contribution in [3.8, 4) is 0 Å². The minimum absolute atomic E-state index is 0.757. The van der Waals surface area contributed by atoms with Crippen LogP contribution < -0.4 is 11.1 Å². The standard InChI is InChI=1S/C16H12N4S/c17-10-6-7-14-15(9-10)21-16(20-14)19-13-5-1-4-12-11(13)3-2-8-18-12/h1-9H,17H2,(H,19,20). The van der Waals surface area contributed by atoms with E-state index in [1.165, 1.54) is 0 Å². The van der Waals surface area contributed by atoms with Crippen LogP contribution in [0.15, 0.2) is 54.7 Å². The number of aromatic nitrogens is 2. The number of nitrogens with two attached hydrogens (primary N) is 1. The number of rotatable bonds is 2. The van der Waals surface area contributed by atoms with Gasteiger partial charge in [0.15, 0.2) is 5.13 Å². The van der Waals surface area contributed by atoms with Gasteiger partial charge in [-0.15, -0.1) is 0 Å². The summed E-state index contributed by atoms with van der Waals surface area (Å²) in [6.45, 7) is 0. The second-order valence-electron chi connectivity index (χ2n) is 4.75. The van der Waals surface area contributed by atoms with Crippen molar-refractivity contribution in [2.24, 2.45) is 0 Å². The molecule has 21 heavy (non-hydrogen) atoms. The molecule has 4 rings (SSSR count). The SMILES string of the molecule is Nc1ccc2nc(Nc3cccc4ncccc34)sc2c1. The van der Waals surface area contributed by atoms with Gasteiger partial charge in [0.05, 0.1) is 15.7 Å². The lowest BCUT2D eigenvalue weighted by Gasteiger charge is -2.06. The molecule has 0 amide bonds. The van der Waals surface area contributed by atoms with Crippen LogP contribution in [-0.2, 0) is 0 Å². The first-order valence-electron chi connectivity index (χ1n) is 6.56. The van der Waals surface area contributed by atoms with Crippen molar-refractivity contribution in [2.45, 2.75) is 0 Å². The Labute approximate surface area is 125 Å². The number of fused-ring (bicyclic) bond motifs is 2. The fourth-order valence-electron chi connectivity index (χ4n) is 2.32. The predicted molar refractivity (Wildman–Crippen MR) is 89.1 cm³/mol. The third kappa shape index (κ3) is 2.17. The van der Waals surface area contributed by atoms with E-state index in [1.807, 2.05) is 42.5 Å². The van der Waals surface area contributed by atoms with Gasteiger partial charge < -0.3 is 11.1 Å². The molecule has 0 aliphatic carbocycles. The molecule has 4 aromatic rings. The van der Waals surface area contributed by atoms with Gasteiger partial charge in [-0.25, -0.2) is 4.98 Å². The van der Waals surface area contributed by atoms with E-state index in [1.54, 1.807) is 17.5 Å². The quantitative estimate of drug-likeness (QED) is 0.544. The average molecular weight is 292 g/mol. The second-order valence-corrected chi connectivity index (χ2v) is 5.78. The van der Waals surface area contributed by atoms with Gasteiger partial charge in [0.25, 0.3) is 0 Å². The molecule has 0 spiro atoms. The highest BCUT2D eigenvalue weighted by Crippen LogP contribution is 2.31. The number of nitrogen functional groups attached to an aromatic ring is 1. The van der Waals surface area contributed by atoms with Gasteiger partial charge in [0.1, 0.15) is 0 Å². The van der Waals surface area contributed by atoms with Crippen LogP contribution in [0.1, 0.15) is 0 Å². The molecule has 5 heteroatoms. The van der Waals surface area contributed by atoms with Crippen molar-refractivity contribution < 1.29 is 0 Å². The zero-order chi connectivity index (χ0) is 14.2. The maximum Gasteiger partial charge on any atom is 0.188 e. The Balaban J connectivity index is 1.79. The Morgan fingerprint density at radius 3 is 2.90 bits per heavy atom. The van der Waals surface area contributed by atoms with Crippen LogP contribution >= 0.6 is 11.3 Å². The summed E-state index contributed by atoms with van der Waals surface area (Å²) in [5.41, 5.74) is 9.49. The molecule has 102 valence electrons. The number of hydrogen-bond donors (Lipinski definition) is 2. The van der Waals surface area contributed by atoms with E-state index < -0.39 is 0 Å². The highest BCUT2D eigenvalue weighted by atomic mass is 32.1. The van der Waals surface area contributed by atoms with Gasteiger partial charge >= 0.3 is 0 Å². The van der Waals surface area contributed by atoms with Crippen LogP contribution in [0.25, 0.3) is 21.1 Å². The number of nitrogens with one attached hydrogen (secondary N) is 1. The average Bonchev–Trinajstić information content (AvgIpc) is 2.89. The highest BCUT2D eigenvalue weighted by Gasteiger charge is 2.06. The van der Waals surface area contributed by atoms with Crippen molar-refractivity contribution in [1.82, 2.24) is 9.97 Å². The van der Waals surface area contributed by atoms with Crippen LogP contribution in [0.2, 0.25) is 0 Å². The second kappa shape index (κ2) is 4.71. The summed E-state index contributed by atoms with van der Waals surface area (Å²) < 4.78 is 1.08. The maximum atomic E-state index is 5.81. The molecule has 0 aliphatic rings. The van der Waals surface area contributed by atoms with Crippen molar-refractivity contribution >= 4 is 49.0 Å². The van der Waals surface area contributed by atoms with Crippen LogP contribution in [0.3, 0.4) is 0 Å². The Hall–Kier alpha value is -2.66. The van der Waals surface area contributed by atoms with Crippen LogP contribution in [0, 0.1) is 0 Å². The summed E-state index contributed by atoms with van der Waals surface area (Å²) in [6.07, 6.45) is 1.80. The predicted octanol–water partition coefficient (Wildman–Crippen LogP) is 4.17. The number of thiazole rings is 1. The first kappa shape index (κ1) is 12.1. The van der Waals surface area contributed by atoms with Crippen molar-refractivity contribution in [3.05, 3.63) is 54.7 Å². The molecule has 2 aromatic heterocycles. The molecule has 0 atom stereocenters. The van der Waals surface area contributed by atoms with E-state index in [9.17, 15) is 0 Å². The zero-order valence-electron chi connectivity index (χ0n) is 11.1.